The molecule has 17 heavy (non-hydrogen) atoms. The number of nitrogens with one attached hydrogen (secondary N) is 1. The van der Waals surface area contributed by atoms with E-state index in [1.807, 2.05) is 12.1 Å². The van der Waals surface area contributed by atoms with Crippen LogP contribution in [0.25, 0.3) is 23.2 Å². The average molecular weight is 229 g/mol. The molecule has 0 atom stereocenters. The van der Waals surface area contributed by atoms with E-state index in [0.29, 0.717) is 17.3 Å². The van der Waals surface area contributed by atoms with Crippen molar-refractivity contribution in [3.05, 3.63) is 24.4 Å². The zero-order chi connectivity index (χ0) is 11.7. The number of aromatic amines is 1. The first kappa shape index (κ1) is 9.46. The van der Waals surface area contributed by atoms with Crippen molar-refractivity contribution in [3.8, 4) is 23.2 Å². The molecule has 8 heteroatoms. The highest BCUT2D eigenvalue weighted by atomic mass is 16.5. The number of nitrogens with zero attached hydrogens (tertiary/aromatic N) is 5. The molecular weight excluding hydrogens is 222 g/mol. The summed E-state index contributed by atoms with van der Waals surface area (Å²) in [6.45, 7) is 0. The maximum Gasteiger partial charge on any atom is 0.295 e. The van der Waals surface area contributed by atoms with Crippen LogP contribution >= 0.6 is 0 Å². The highest BCUT2D eigenvalue weighted by Gasteiger charge is 2.14. The van der Waals surface area contributed by atoms with Crippen LogP contribution in [0.2, 0.25) is 0 Å². The van der Waals surface area contributed by atoms with Crippen molar-refractivity contribution in [2.45, 2.75) is 0 Å². The van der Waals surface area contributed by atoms with Crippen LogP contribution in [0.5, 0.6) is 0 Å². The zero-order valence-corrected chi connectivity index (χ0v) is 8.53. The summed E-state index contributed by atoms with van der Waals surface area (Å²) in [4.78, 5) is 12.1. The second-order valence-corrected chi connectivity index (χ2v) is 3.18. The minimum atomic E-state index is 0.123. The van der Waals surface area contributed by atoms with Gasteiger partial charge >= 0.3 is 0 Å². The fraction of sp³-hybridized carbons (Fsp3) is 0. The molecule has 0 unspecified atom stereocenters. The van der Waals surface area contributed by atoms with Crippen molar-refractivity contribution in [1.29, 1.82) is 0 Å². The van der Waals surface area contributed by atoms with E-state index in [2.05, 4.69) is 30.3 Å². The molecule has 3 rings (SSSR count). The van der Waals surface area contributed by atoms with Crippen molar-refractivity contribution in [2.75, 3.05) is 5.73 Å². The number of aromatic nitrogens is 6. The Morgan fingerprint density at radius 3 is 2.88 bits per heavy atom. The third kappa shape index (κ3) is 1.71. The second kappa shape index (κ2) is 3.67. The summed E-state index contributed by atoms with van der Waals surface area (Å²) in [6, 6.07) is 5.43. The monoisotopic (exact) mass is 229 g/mol. The summed E-state index contributed by atoms with van der Waals surface area (Å²) >= 11 is 0. The van der Waals surface area contributed by atoms with Crippen molar-refractivity contribution in [3.63, 3.8) is 0 Å². The Balaban J connectivity index is 1.99. The maximum atomic E-state index is 5.38. The first-order valence-corrected chi connectivity index (χ1v) is 4.76. The van der Waals surface area contributed by atoms with Gasteiger partial charge in [0.1, 0.15) is 5.69 Å². The minimum absolute atomic E-state index is 0.123. The molecule has 84 valence electrons. The molecule has 3 heterocycles. The van der Waals surface area contributed by atoms with Crippen LogP contribution in [0.1, 0.15) is 0 Å². The van der Waals surface area contributed by atoms with Crippen LogP contribution in [0.15, 0.2) is 28.9 Å². The quantitative estimate of drug-likeness (QED) is 0.656. The van der Waals surface area contributed by atoms with Crippen LogP contribution in [-0.4, -0.2) is 30.3 Å². The SMILES string of the molecule is Nc1n[nH]c(-c2nc(-c3ccccn3)no2)n1. The first-order chi connectivity index (χ1) is 8.33. The number of nitrogens with two attached hydrogens (primary N) is 1. The van der Waals surface area contributed by atoms with Crippen LogP contribution in [0, 0.1) is 0 Å². The smallest absolute Gasteiger partial charge is 0.295 e. The second-order valence-electron chi connectivity index (χ2n) is 3.18. The number of pyridine rings is 1. The van der Waals surface area contributed by atoms with E-state index in [1.54, 1.807) is 12.3 Å². The van der Waals surface area contributed by atoms with Crippen LogP contribution in [0.3, 0.4) is 0 Å². The summed E-state index contributed by atoms with van der Waals surface area (Å²) in [7, 11) is 0. The molecule has 0 aromatic carbocycles. The Hall–Kier alpha value is -2.77. The normalized spacial score (nSPS) is 10.6. The van der Waals surface area contributed by atoms with Gasteiger partial charge in [-0.05, 0) is 12.1 Å². The van der Waals surface area contributed by atoms with Gasteiger partial charge in [0.15, 0.2) is 0 Å². The van der Waals surface area contributed by atoms with Crippen molar-refractivity contribution >= 4 is 5.95 Å². The Morgan fingerprint density at radius 1 is 1.24 bits per heavy atom. The van der Waals surface area contributed by atoms with Crippen molar-refractivity contribution < 1.29 is 4.52 Å². The lowest BCUT2D eigenvalue weighted by Crippen LogP contribution is -1.86. The van der Waals surface area contributed by atoms with Gasteiger partial charge in [-0.15, -0.1) is 5.10 Å². The number of hydrogen-bond acceptors (Lipinski definition) is 7. The van der Waals surface area contributed by atoms with Gasteiger partial charge in [-0.3, -0.25) is 10.1 Å². The molecule has 8 nitrogen and oxygen atoms in total. The predicted molar refractivity (Wildman–Crippen MR) is 57.3 cm³/mol. The molecule has 0 aliphatic rings. The summed E-state index contributed by atoms with van der Waals surface area (Å²) in [6.07, 6.45) is 1.65. The standard InChI is InChI=1S/C9H7N7O/c10-9-13-7(14-15-9)8-12-6(16-17-8)5-3-1-2-4-11-5/h1-4H,(H3,10,13,14,15). The van der Waals surface area contributed by atoms with Gasteiger partial charge < -0.3 is 10.3 Å². The lowest BCUT2D eigenvalue weighted by atomic mass is 10.3. The number of H-pyrrole nitrogens is 1. The van der Waals surface area contributed by atoms with Gasteiger partial charge in [0, 0.05) is 6.20 Å². The largest absolute Gasteiger partial charge is 0.366 e. The van der Waals surface area contributed by atoms with Crippen LogP contribution in [-0.2, 0) is 0 Å². The Labute approximate surface area is 94.9 Å². The molecule has 0 radical (unpaired) electrons. The zero-order valence-electron chi connectivity index (χ0n) is 8.53. The molecule has 0 aliphatic carbocycles. The highest BCUT2D eigenvalue weighted by molar-refractivity contribution is 5.52. The first-order valence-electron chi connectivity index (χ1n) is 4.76. The predicted octanol–water partition coefficient (Wildman–Crippen LogP) is 0.499. The van der Waals surface area contributed by atoms with E-state index in [1.165, 1.54) is 0 Å². The molecular formula is C9H7N7O. The van der Waals surface area contributed by atoms with E-state index in [0.717, 1.165) is 0 Å². The Kier molecular flexibility index (Phi) is 2.04. The third-order valence-electron chi connectivity index (χ3n) is 2.03. The summed E-state index contributed by atoms with van der Waals surface area (Å²) in [5.41, 5.74) is 6.00. The molecule has 0 aliphatic heterocycles. The van der Waals surface area contributed by atoms with Gasteiger partial charge in [-0.25, -0.2) is 0 Å². The van der Waals surface area contributed by atoms with Gasteiger partial charge in [0.25, 0.3) is 5.89 Å². The molecule has 0 spiro atoms. The number of rotatable bonds is 2. The third-order valence-corrected chi connectivity index (χ3v) is 2.03. The summed E-state index contributed by atoms with van der Waals surface area (Å²) in [5.74, 6) is 1.06. The van der Waals surface area contributed by atoms with Crippen molar-refractivity contribution in [1.82, 2.24) is 30.3 Å². The lowest BCUT2D eigenvalue weighted by molar-refractivity contribution is 0.429. The van der Waals surface area contributed by atoms with Crippen molar-refractivity contribution in [2.24, 2.45) is 0 Å². The van der Waals surface area contributed by atoms with E-state index in [4.69, 9.17) is 10.3 Å². The fourth-order valence-electron chi connectivity index (χ4n) is 1.29. The van der Waals surface area contributed by atoms with Gasteiger partial charge in [-0.1, -0.05) is 11.2 Å². The molecule has 0 fully saturated rings. The van der Waals surface area contributed by atoms with Gasteiger partial charge in [0.2, 0.25) is 17.6 Å². The van der Waals surface area contributed by atoms with E-state index < -0.39 is 0 Å². The summed E-state index contributed by atoms with van der Waals surface area (Å²) in [5, 5.41) is 10.1. The van der Waals surface area contributed by atoms with Crippen LogP contribution in [0.4, 0.5) is 5.95 Å². The Bertz CT molecular complexity index is 630. The maximum absolute atomic E-state index is 5.38. The number of hydrogen-bond donors (Lipinski definition) is 2. The Morgan fingerprint density at radius 2 is 2.18 bits per heavy atom. The van der Waals surface area contributed by atoms with E-state index in [-0.39, 0.29) is 11.8 Å². The highest BCUT2D eigenvalue weighted by Crippen LogP contribution is 2.17. The molecule has 0 saturated heterocycles. The molecule has 0 bridgehead atoms. The van der Waals surface area contributed by atoms with E-state index in [9.17, 15) is 0 Å². The van der Waals surface area contributed by atoms with E-state index >= 15 is 0 Å². The van der Waals surface area contributed by atoms with Crippen LogP contribution < -0.4 is 5.73 Å². The minimum Gasteiger partial charge on any atom is -0.366 e. The molecule has 3 aromatic heterocycles. The molecule has 0 amide bonds. The number of anilines is 1. The lowest BCUT2D eigenvalue weighted by Gasteiger charge is -1.89. The van der Waals surface area contributed by atoms with Gasteiger partial charge in [-0.2, -0.15) is 9.97 Å². The fourth-order valence-corrected chi connectivity index (χ4v) is 1.29. The topological polar surface area (TPSA) is 119 Å². The molecule has 3 N–H and O–H groups in total. The van der Waals surface area contributed by atoms with Gasteiger partial charge in [0.05, 0.1) is 0 Å². The number of nitrogen functional groups attached to an aromatic ring is 1. The molecule has 3 aromatic rings. The molecule has 0 saturated carbocycles. The average Bonchev–Trinajstić information content (AvgIpc) is 2.98. The summed E-state index contributed by atoms with van der Waals surface area (Å²) < 4.78 is 5.03.